The van der Waals surface area contributed by atoms with Crippen LogP contribution < -0.4 is 5.73 Å². The molecule has 0 aliphatic rings. The van der Waals surface area contributed by atoms with E-state index in [1.807, 2.05) is 13.8 Å². The van der Waals surface area contributed by atoms with Crippen LogP contribution in [0.3, 0.4) is 0 Å². The Labute approximate surface area is 103 Å². The zero-order valence-electron chi connectivity index (χ0n) is 10.9. The minimum atomic E-state index is -0.206. The van der Waals surface area contributed by atoms with Crippen LogP contribution in [-0.4, -0.2) is 18.8 Å². The Kier molecular flexibility index (Phi) is 5.59. The molecule has 0 bridgehead atoms. The topological polar surface area (TPSA) is 35.2 Å². The Balaban J connectivity index is 2.72. The predicted octanol–water partition coefficient (Wildman–Crippen LogP) is 2.82. The molecule has 3 heteroatoms. The van der Waals surface area contributed by atoms with E-state index in [4.69, 9.17) is 10.5 Å². The summed E-state index contributed by atoms with van der Waals surface area (Å²) in [4.78, 5) is 0. The maximum atomic E-state index is 13.2. The molecule has 17 heavy (non-hydrogen) atoms. The molecule has 2 atom stereocenters. The molecule has 2 unspecified atom stereocenters. The average molecular weight is 239 g/mol. The Morgan fingerprint density at radius 3 is 2.65 bits per heavy atom. The van der Waals surface area contributed by atoms with E-state index in [-0.39, 0.29) is 18.0 Å². The second-order valence-corrected chi connectivity index (χ2v) is 4.34. The van der Waals surface area contributed by atoms with Crippen molar-refractivity contribution in [1.29, 1.82) is 0 Å². The van der Waals surface area contributed by atoms with Gasteiger partial charge in [0.05, 0.1) is 6.10 Å². The number of halogens is 1. The van der Waals surface area contributed by atoms with Crippen molar-refractivity contribution in [2.75, 3.05) is 6.61 Å². The number of rotatable bonds is 6. The quantitative estimate of drug-likeness (QED) is 0.828. The van der Waals surface area contributed by atoms with Crippen LogP contribution in [0.25, 0.3) is 0 Å². The molecule has 0 aliphatic heterocycles. The van der Waals surface area contributed by atoms with Gasteiger partial charge in [0, 0.05) is 12.6 Å². The lowest BCUT2D eigenvalue weighted by Crippen LogP contribution is -2.38. The first-order chi connectivity index (χ1) is 8.08. The molecule has 0 saturated heterocycles. The van der Waals surface area contributed by atoms with Crippen molar-refractivity contribution in [2.45, 2.75) is 45.8 Å². The van der Waals surface area contributed by atoms with E-state index >= 15 is 0 Å². The maximum absolute atomic E-state index is 13.2. The van der Waals surface area contributed by atoms with Crippen molar-refractivity contribution in [1.82, 2.24) is 0 Å². The van der Waals surface area contributed by atoms with Crippen molar-refractivity contribution in [3.05, 3.63) is 35.1 Å². The first kappa shape index (κ1) is 14.1. The maximum Gasteiger partial charge on any atom is 0.123 e. The second kappa shape index (κ2) is 6.72. The Morgan fingerprint density at radius 1 is 1.35 bits per heavy atom. The molecule has 2 nitrogen and oxygen atoms in total. The molecule has 0 spiro atoms. The second-order valence-electron chi connectivity index (χ2n) is 4.34. The fourth-order valence-electron chi connectivity index (χ4n) is 2.00. The Bertz CT molecular complexity index is 354. The fraction of sp³-hybridized carbons (Fsp3) is 0.571. The van der Waals surface area contributed by atoms with Gasteiger partial charge in [-0.25, -0.2) is 4.39 Å². The zero-order chi connectivity index (χ0) is 12.8. The van der Waals surface area contributed by atoms with Crippen LogP contribution in [0.5, 0.6) is 0 Å². The number of ether oxygens (including phenoxy) is 1. The summed E-state index contributed by atoms with van der Waals surface area (Å²) < 4.78 is 18.7. The summed E-state index contributed by atoms with van der Waals surface area (Å²) in [5.74, 6) is -0.206. The van der Waals surface area contributed by atoms with E-state index in [9.17, 15) is 4.39 Å². The molecular formula is C14H22FNO. The number of hydrogen-bond acceptors (Lipinski definition) is 2. The van der Waals surface area contributed by atoms with Crippen molar-refractivity contribution in [3.63, 3.8) is 0 Å². The lowest BCUT2D eigenvalue weighted by molar-refractivity contribution is 0.0417. The normalized spacial score (nSPS) is 14.6. The van der Waals surface area contributed by atoms with E-state index < -0.39 is 0 Å². The van der Waals surface area contributed by atoms with Gasteiger partial charge < -0.3 is 10.5 Å². The van der Waals surface area contributed by atoms with Crippen molar-refractivity contribution < 1.29 is 9.13 Å². The van der Waals surface area contributed by atoms with Gasteiger partial charge in [-0.15, -0.1) is 0 Å². The van der Waals surface area contributed by atoms with E-state index in [0.717, 1.165) is 17.5 Å². The molecule has 0 heterocycles. The molecule has 96 valence electrons. The average Bonchev–Trinajstić information content (AvgIpc) is 2.30. The molecule has 0 amide bonds. The standard InChI is InChI=1S/C14H22FNO/c1-4-14(17-5-2)13(16)9-11-8-12(15)7-6-10(11)3/h6-8,13-14H,4-5,9,16H2,1-3H3. The first-order valence-electron chi connectivity index (χ1n) is 6.20. The fourth-order valence-corrected chi connectivity index (χ4v) is 2.00. The van der Waals surface area contributed by atoms with Crippen LogP contribution >= 0.6 is 0 Å². The van der Waals surface area contributed by atoms with Crippen LogP contribution in [0, 0.1) is 12.7 Å². The van der Waals surface area contributed by atoms with E-state index in [0.29, 0.717) is 13.0 Å². The molecule has 2 N–H and O–H groups in total. The lowest BCUT2D eigenvalue weighted by atomic mass is 9.97. The van der Waals surface area contributed by atoms with Gasteiger partial charge in [-0.3, -0.25) is 0 Å². The number of nitrogens with two attached hydrogens (primary N) is 1. The van der Waals surface area contributed by atoms with Gasteiger partial charge in [0.25, 0.3) is 0 Å². The number of aryl methyl sites for hydroxylation is 1. The summed E-state index contributed by atoms with van der Waals surface area (Å²) in [6, 6.07) is 4.75. The first-order valence-corrected chi connectivity index (χ1v) is 6.20. The van der Waals surface area contributed by atoms with Gasteiger partial charge in [0.15, 0.2) is 0 Å². The predicted molar refractivity (Wildman–Crippen MR) is 68.5 cm³/mol. The third kappa shape index (κ3) is 4.10. The van der Waals surface area contributed by atoms with Gasteiger partial charge in [-0.05, 0) is 49.9 Å². The van der Waals surface area contributed by atoms with E-state index in [2.05, 4.69) is 6.92 Å². The molecule has 0 radical (unpaired) electrons. The highest BCUT2D eigenvalue weighted by molar-refractivity contribution is 5.27. The van der Waals surface area contributed by atoms with Crippen molar-refractivity contribution in [2.24, 2.45) is 5.73 Å². The summed E-state index contributed by atoms with van der Waals surface area (Å²) in [7, 11) is 0. The van der Waals surface area contributed by atoms with Gasteiger partial charge in [-0.1, -0.05) is 13.0 Å². The number of benzene rings is 1. The van der Waals surface area contributed by atoms with E-state index in [1.54, 1.807) is 12.1 Å². The zero-order valence-corrected chi connectivity index (χ0v) is 10.9. The van der Waals surface area contributed by atoms with Crippen LogP contribution in [0.2, 0.25) is 0 Å². The molecule has 1 aromatic carbocycles. The van der Waals surface area contributed by atoms with Crippen LogP contribution in [0.4, 0.5) is 4.39 Å². The molecule has 0 aromatic heterocycles. The Morgan fingerprint density at radius 2 is 2.06 bits per heavy atom. The van der Waals surface area contributed by atoms with Gasteiger partial charge in [0.2, 0.25) is 0 Å². The van der Waals surface area contributed by atoms with Gasteiger partial charge in [-0.2, -0.15) is 0 Å². The summed E-state index contributed by atoms with van der Waals surface area (Å²) in [5, 5.41) is 0. The summed E-state index contributed by atoms with van der Waals surface area (Å²) >= 11 is 0. The molecule has 0 fully saturated rings. The minimum Gasteiger partial charge on any atom is -0.377 e. The minimum absolute atomic E-state index is 0.0441. The third-order valence-electron chi connectivity index (χ3n) is 3.03. The molecular weight excluding hydrogens is 217 g/mol. The highest BCUT2D eigenvalue weighted by Gasteiger charge is 2.17. The number of hydrogen-bond donors (Lipinski definition) is 1. The lowest BCUT2D eigenvalue weighted by Gasteiger charge is -2.23. The van der Waals surface area contributed by atoms with Crippen LogP contribution in [0.1, 0.15) is 31.4 Å². The summed E-state index contributed by atoms with van der Waals surface area (Å²) in [5.41, 5.74) is 8.16. The summed E-state index contributed by atoms with van der Waals surface area (Å²) in [6.07, 6.45) is 1.58. The van der Waals surface area contributed by atoms with Crippen molar-refractivity contribution in [3.8, 4) is 0 Å². The van der Waals surface area contributed by atoms with Gasteiger partial charge >= 0.3 is 0 Å². The molecule has 0 aliphatic carbocycles. The largest absolute Gasteiger partial charge is 0.377 e. The Hall–Kier alpha value is -0.930. The highest BCUT2D eigenvalue weighted by atomic mass is 19.1. The van der Waals surface area contributed by atoms with Crippen LogP contribution in [0.15, 0.2) is 18.2 Å². The van der Waals surface area contributed by atoms with Crippen molar-refractivity contribution >= 4 is 0 Å². The summed E-state index contributed by atoms with van der Waals surface area (Å²) in [6.45, 7) is 6.65. The van der Waals surface area contributed by atoms with E-state index in [1.165, 1.54) is 6.07 Å². The SMILES string of the molecule is CCOC(CC)C(N)Cc1cc(F)ccc1C. The van der Waals surface area contributed by atoms with Crippen LogP contribution in [-0.2, 0) is 11.2 Å². The highest BCUT2D eigenvalue weighted by Crippen LogP contribution is 2.15. The third-order valence-corrected chi connectivity index (χ3v) is 3.03. The van der Waals surface area contributed by atoms with Gasteiger partial charge in [0.1, 0.15) is 5.82 Å². The molecule has 1 rings (SSSR count). The molecule has 0 saturated carbocycles. The smallest absolute Gasteiger partial charge is 0.123 e. The molecule has 1 aromatic rings. The monoisotopic (exact) mass is 239 g/mol.